The Morgan fingerprint density at radius 1 is 1.16 bits per heavy atom. The summed E-state index contributed by atoms with van der Waals surface area (Å²) in [6.07, 6.45) is 5.71. The van der Waals surface area contributed by atoms with Gasteiger partial charge in [-0.05, 0) is 56.4 Å². The third kappa shape index (κ3) is 8.13. The molecule has 0 radical (unpaired) electrons. The zero-order valence-corrected chi connectivity index (χ0v) is 15.3. The van der Waals surface area contributed by atoms with E-state index >= 15 is 0 Å². The van der Waals surface area contributed by atoms with Gasteiger partial charge in [-0.1, -0.05) is 13.3 Å². The molecule has 0 aromatic carbocycles. The SMILES string of the molecule is CCC(=O)N(CCCN1CCCCC1)c1cccs1.O=C([O-])C(=O)[O-]. The lowest BCUT2D eigenvalue weighted by Gasteiger charge is -2.27. The summed E-state index contributed by atoms with van der Waals surface area (Å²) < 4.78 is 0. The number of nitrogens with zero attached hydrogens (tertiary/aromatic N) is 2. The highest BCUT2D eigenvalue weighted by molar-refractivity contribution is 7.14. The number of carboxylic acid groups (broad SMARTS) is 2. The number of thiophene rings is 1. The molecule has 1 aromatic heterocycles. The molecule has 0 unspecified atom stereocenters. The van der Waals surface area contributed by atoms with Crippen LogP contribution in [-0.2, 0) is 14.4 Å². The van der Waals surface area contributed by atoms with Crippen molar-refractivity contribution in [1.29, 1.82) is 0 Å². The summed E-state index contributed by atoms with van der Waals surface area (Å²) in [6.45, 7) is 6.39. The van der Waals surface area contributed by atoms with Gasteiger partial charge in [-0.2, -0.15) is 0 Å². The maximum atomic E-state index is 12.0. The normalized spacial score (nSPS) is 14.3. The number of anilines is 1. The second-order valence-electron chi connectivity index (χ2n) is 5.68. The molecule has 1 aliphatic rings. The molecule has 8 heteroatoms. The summed E-state index contributed by atoms with van der Waals surface area (Å²) in [6, 6.07) is 4.06. The highest BCUT2D eigenvalue weighted by Gasteiger charge is 2.15. The van der Waals surface area contributed by atoms with Crippen LogP contribution in [0.25, 0.3) is 0 Å². The first-order chi connectivity index (χ1) is 12.0. The van der Waals surface area contributed by atoms with Crippen LogP contribution >= 0.6 is 11.3 Å². The molecular formula is C17H24N2O5S-2. The average molecular weight is 368 g/mol. The lowest BCUT2D eigenvalue weighted by molar-refractivity contribution is -0.345. The number of piperidine rings is 1. The second-order valence-corrected chi connectivity index (χ2v) is 6.61. The van der Waals surface area contributed by atoms with E-state index in [1.807, 2.05) is 29.3 Å². The highest BCUT2D eigenvalue weighted by Crippen LogP contribution is 2.22. The molecule has 1 aromatic rings. The molecule has 25 heavy (non-hydrogen) atoms. The minimum absolute atomic E-state index is 0.237. The van der Waals surface area contributed by atoms with Gasteiger partial charge in [-0.3, -0.25) is 4.79 Å². The number of carbonyl (C=O) groups is 3. The predicted octanol–water partition coefficient (Wildman–Crippen LogP) is -0.147. The number of hydrogen-bond acceptors (Lipinski definition) is 7. The van der Waals surface area contributed by atoms with Crippen molar-refractivity contribution >= 4 is 34.2 Å². The van der Waals surface area contributed by atoms with Crippen molar-refractivity contribution in [3.63, 3.8) is 0 Å². The van der Waals surface area contributed by atoms with E-state index in [-0.39, 0.29) is 5.91 Å². The summed E-state index contributed by atoms with van der Waals surface area (Å²) in [4.78, 5) is 34.4. The summed E-state index contributed by atoms with van der Waals surface area (Å²) in [5.74, 6) is -4.13. The van der Waals surface area contributed by atoms with Gasteiger partial charge in [0.1, 0.15) is 0 Å². The number of amides is 1. The number of carboxylic acids is 2. The van der Waals surface area contributed by atoms with Crippen molar-refractivity contribution in [3.8, 4) is 0 Å². The first kappa shape index (κ1) is 21.1. The lowest BCUT2D eigenvalue weighted by atomic mass is 10.1. The van der Waals surface area contributed by atoms with Gasteiger partial charge in [-0.15, -0.1) is 11.3 Å². The molecule has 2 heterocycles. The number of rotatable bonds is 6. The van der Waals surface area contributed by atoms with Crippen molar-refractivity contribution < 1.29 is 24.6 Å². The van der Waals surface area contributed by atoms with E-state index in [9.17, 15) is 4.79 Å². The zero-order chi connectivity index (χ0) is 18.7. The van der Waals surface area contributed by atoms with Crippen LogP contribution in [-0.4, -0.2) is 48.9 Å². The van der Waals surface area contributed by atoms with E-state index < -0.39 is 11.9 Å². The summed E-state index contributed by atoms with van der Waals surface area (Å²) in [5.41, 5.74) is 0. The topological polar surface area (TPSA) is 104 Å². The van der Waals surface area contributed by atoms with Gasteiger partial charge in [0, 0.05) is 13.0 Å². The molecule has 1 amide bonds. The van der Waals surface area contributed by atoms with E-state index in [1.54, 1.807) is 11.3 Å². The van der Waals surface area contributed by atoms with Crippen molar-refractivity contribution in [1.82, 2.24) is 4.90 Å². The van der Waals surface area contributed by atoms with E-state index in [0.717, 1.165) is 24.5 Å². The fourth-order valence-corrected chi connectivity index (χ4v) is 3.38. The van der Waals surface area contributed by atoms with Gasteiger partial charge in [0.15, 0.2) is 0 Å². The molecule has 0 bridgehead atoms. The Morgan fingerprint density at radius 3 is 2.28 bits per heavy atom. The Labute approximate surface area is 151 Å². The molecule has 0 N–H and O–H groups in total. The molecule has 0 spiro atoms. The van der Waals surface area contributed by atoms with E-state index in [1.165, 1.54) is 32.4 Å². The van der Waals surface area contributed by atoms with Crippen LogP contribution in [0.1, 0.15) is 39.0 Å². The quantitative estimate of drug-likeness (QED) is 0.647. The molecule has 1 aliphatic heterocycles. The van der Waals surface area contributed by atoms with Gasteiger partial charge in [-0.25, -0.2) is 0 Å². The van der Waals surface area contributed by atoms with Gasteiger partial charge >= 0.3 is 0 Å². The Morgan fingerprint density at radius 2 is 1.80 bits per heavy atom. The standard InChI is InChI=1S/C15H24N2OS.C2H2O4/c1-2-14(18)17(15-8-6-13-19-15)12-7-11-16-9-4-3-5-10-16;3-1(4)2(5)6/h6,8,13H,2-5,7,9-12H2,1H3;(H,3,4)(H,5,6)/p-2. The van der Waals surface area contributed by atoms with Crippen LogP contribution in [0.15, 0.2) is 17.5 Å². The van der Waals surface area contributed by atoms with Crippen molar-refractivity contribution in [3.05, 3.63) is 17.5 Å². The number of hydrogen-bond donors (Lipinski definition) is 0. The average Bonchev–Trinajstić information content (AvgIpc) is 3.13. The smallest absolute Gasteiger partial charge is 0.227 e. The minimum atomic E-state index is -2.19. The zero-order valence-electron chi connectivity index (χ0n) is 14.4. The van der Waals surface area contributed by atoms with Crippen LogP contribution in [0.5, 0.6) is 0 Å². The maximum absolute atomic E-state index is 12.0. The van der Waals surface area contributed by atoms with Crippen LogP contribution < -0.4 is 15.1 Å². The molecule has 7 nitrogen and oxygen atoms in total. The molecule has 140 valence electrons. The molecule has 0 atom stereocenters. The third-order valence-corrected chi connectivity index (χ3v) is 4.74. The van der Waals surface area contributed by atoms with Crippen LogP contribution in [0.3, 0.4) is 0 Å². The molecule has 1 saturated heterocycles. The largest absolute Gasteiger partial charge is 0.543 e. The first-order valence-electron chi connectivity index (χ1n) is 8.44. The number of aliphatic carboxylic acids is 2. The number of likely N-dealkylation sites (tertiary alicyclic amines) is 1. The fraction of sp³-hybridized carbons (Fsp3) is 0.588. The lowest BCUT2D eigenvalue weighted by Crippen LogP contribution is -2.42. The predicted molar refractivity (Wildman–Crippen MR) is 91.9 cm³/mol. The summed E-state index contributed by atoms with van der Waals surface area (Å²) >= 11 is 1.65. The van der Waals surface area contributed by atoms with Gasteiger partial charge in [0.05, 0.1) is 16.9 Å². The van der Waals surface area contributed by atoms with E-state index in [2.05, 4.69) is 4.90 Å². The molecule has 1 fully saturated rings. The Hall–Kier alpha value is -1.93. The van der Waals surface area contributed by atoms with Gasteiger partial charge < -0.3 is 29.6 Å². The highest BCUT2D eigenvalue weighted by atomic mass is 32.1. The van der Waals surface area contributed by atoms with Crippen molar-refractivity contribution in [2.24, 2.45) is 0 Å². The molecule has 0 saturated carbocycles. The maximum Gasteiger partial charge on any atom is 0.227 e. The second kappa shape index (κ2) is 11.6. The monoisotopic (exact) mass is 368 g/mol. The minimum Gasteiger partial charge on any atom is -0.543 e. The van der Waals surface area contributed by atoms with E-state index in [4.69, 9.17) is 19.8 Å². The van der Waals surface area contributed by atoms with Crippen LogP contribution in [0, 0.1) is 0 Å². The Bertz CT molecular complexity index is 529. The first-order valence-corrected chi connectivity index (χ1v) is 9.32. The van der Waals surface area contributed by atoms with Crippen LogP contribution in [0.4, 0.5) is 5.00 Å². The van der Waals surface area contributed by atoms with Gasteiger partial charge in [0.25, 0.3) is 0 Å². The molecular weight excluding hydrogens is 344 g/mol. The summed E-state index contributed by atoms with van der Waals surface area (Å²) in [5, 5.41) is 21.0. The summed E-state index contributed by atoms with van der Waals surface area (Å²) in [7, 11) is 0. The molecule has 0 aliphatic carbocycles. The van der Waals surface area contributed by atoms with Crippen LogP contribution in [0.2, 0.25) is 0 Å². The molecule has 2 rings (SSSR count). The third-order valence-electron chi connectivity index (χ3n) is 3.85. The number of carbonyl (C=O) groups excluding carboxylic acids is 3. The van der Waals surface area contributed by atoms with Crippen molar-refractivity contribution in [2.75, 3.05) is 31.1 Å². The Balaban J connectivity index is 0.000000450. The van der Waals surface area contributed by atoms with Gasteiger partial charge in [0.2, 0.25) is 5.91 Å². The fourth-order valence-electron chi connectivity index (χ4n) is 2.61. The van der Waals surface area contributed by atoms with E-state index in [0.29, 0.717) is 6.42 Å². The van der Waals surface area contributed by atoms with Crippen molar-refractivity contribution in [2.45, 2.75) is 39.0 Å². The Kier molecular flexibility index (Phi) is 9.79.